The number of nitrogens with zero attached hydrogens (tertiary/aromatic N) is 2. The van der Waals surface area contributed by atoms with Crippen LogP contribution in [-0.2, 0) is 45.1 Å². The minimum atomic E-state index is -0.988. The van der Waals surface area contributed by atoms with Gasteiger partial charge in [-0.25, -0.2) is 9.18 Å². The van der Waals surface area contributed by atoms with Gasteiger partial charge in [0.2, 0.25) is 11.8 Å². The number of hydrogen-bond acceptors (Lipinski definition) is 5. The zero-order valence-electron chi connectivity index (χ0n) is 28.7. The number of carbonyl (C=O) groups excluding carboxylic acids is 3. The first-order valence-electron chi connectivity index (χ1n) is 16.5. The molecule has 4 atom stereocenters. The van der Waals surface area contributed by atoms with Crippen LogP contribution in [0.25, 0.3) is 0 Å². The summed E-state index contributed by atoms with van der Waals surface area (Å²) in [6.45, 7) is 11.9. The molecule has 256 valence electrons. The molecule has 0 fully saturated rings. The van der Waals surface area contributed by atoms with Crippen molar-refractivity contribution in [1.29, 1.82) is 0 Å². The van der Waals surface area contributed by atoms with Gasteiger partial charge in [-0.3, -0.25) is 14.5 Å². The highest BCUT2D eigenvalue weighted by atomic mass is 19.1. The van der Waals surface area contributed by atoms with Crippen molar-refractivity contribution >= 4 is 17.9 Å². The van der Waals surface area contributed by atoms with Gasteiger partial charge in [0.25, 0.3) is 0 Å². The minimum absolute atomic E-state index is 0.131. The molecule has 1 aliphatic heterocycles. The Hall–Kier alpha value is -4.50. The smallest absolute Gasteiger partial charge is 0.411 e. The van der Waals surface area contributed by atoms with Crippen LogP contribution in [0, 0.1) is 5.82 Å². The third kappa shape index (κ3) is 10.2. The molecule has 8 nitrogen and oxygen atoms in total. The number of fused-ring (bicyclic) bond motifs is 1. The van der Waals surface area contributed by atoms with Crippen molar-refractivity contribution in [2.75, 3.05) is 7.05 Å². The second kappa shape index (κ2) is 16.6. The summed E-state index contributed by atoms with van der Waals surface area (Å²) < 4.78 is 25.6. The summed E-state index contributed by atoms with van der Waals surface area (Å²) in [6.07, 6.45) is 2.46. The van der Waals surface area contributed by atoms with Crippen LogP contribution >= 0.6 is 0 Å². The van der Waals surface area contributed by atoms with Crippen molar-refractivity contribution in [2.24, 2.45) is 0 Å². The maximum absolute atomic E-state index is 14.3. The monoisotopic (exact) mass is 657 g/mol. The van der Waals surface area contributed by atoms with Gasteiger partial charge in [0.05, 0.1) is 19.3 Å². The molecule has 0 saturated heterocycles. The molecule has 4 rings (SSSR count). The quantitative estimate of drug-likeness (QED) is 0.209. The Kier molecular flexibility index (Phi) is 12.5. The predicted octanol–water partition coefficient (Wildman–Crippen LogP) is 6.61. The van der Waals surface area contributed by atoms with E-state index in [1.807, 2.05) is 61.5 Å². The molecule has 9 heteroatoms. The average molecular weight is 658 g/mol. The minimum Gasteiger partial charge on any atom is -0.444 e. The molecule has 0 spiro atoms. The molecular formula is C39H48FN3O5. The number of amides is 3. The van der Waals surface area contributed by atoms with Crippen LogP contribution in [-0.4, -0.2) is 64.6 Å². The normalized spacial score (nSPS) is 16.2. The van der Waals surface area contributed by atoms with E-state index in [9.17, 15) is 18.8 Å². The highest BCUT2D eigenvalue weighted by Gasteiger charge is 2.39. The second-order valence-electron chi connectivity index (χ2n) is 13.5. The van der Waals surface area contributed by atoms with E-state index in [0.717, 1.165) is 16.7 Å². The van der Waals surface area contributed by atoms with E-state index in [2.05, 4.69) is 11.9 Å². The molecular weight excluding hydrogens is 609 g/mol. The molecule has 1 aliphatic rings. The van der Waals surface area contributed by atoms with E-state index >= 15 is 0 Å². The number of likely N-dealkylation sites (N-methyl/N-ethyl adjacent to an activating group) is 1. The summed E-state index contributed by atoms with van der Waals surface area (Å²) in [6, 6.07) is 21.3. The molecule has 3 aromatic rings. The van der Waals surface area contributed by atoms with Gasteiger partial charge in [-0.2, -0.15) is 0 Å². The first-order valence-corrected chi connectivity index (χ1v) is 16.5. The molecule has 1 heterocycles. The summed E-state index contributed by atoms with van der Waals surface area (Å²) >= 11 is 0. The summed E-state index contributed by atoms with van der Waals surface area (Å²) in [4.78, 5) is 44.9. The Morgan fingerprint density at radius 3 is 2.29 bits per heavy atom. The lowest BCUT2D eigenvalue weighted by Gasteiger charge is -2.38. The number of halogens is 1. The SMILES string of the molecule is C=CCC(CC(C)OCc1ccccc1)N(C)C(=O)C(Cc1ccc(F)cc1)NC(=O)C1Cc2ccccc2CN1C(=O)OC(C)(C)C. The Morgan fingerprint density at radius 2 is 1.65 bits per heavy atom. The molecule has 48 heavy (non-hydrogen) atoms. The Balaban J connectivity index is 1.56. The number of hydrogen-bond donors (Lipinski definition) is 1. The standard InChI is InChI=1S/C39H48FN3O5/c1-7-13-33(22-27(2)47-26-29-14-9-8-10-15-29)42(6)37(45)34(23-28-18-20-32(40)21-19-28)41-36(44)35-24-30-16-11-12-17-31(30)25-43(35)38(46)48-39(3,4)5/h7-12,14-21,27,33-35H,1,13,22-26H2,2-6H3,(H,41,44). The Labute approximate surface area is 283 Å². The predicted molar refractivity (Wildman–Crippen MR) is 184 cm³/mol. The van der Waals surface area contributed by atoms with E-state index in [1.54, 1.807) is 50.9 Å². The molecule has 3 amide bonds. The van der Waals surface area contributed by atoms with E-state index < -0.39 is 35.5 Å². The van der Waals surface area contributed by atoms with Crippen molar-refractivity contribution in [3.8, 4) is 0 Å². The van der Waals surface area contributed by atoms with E-state index in [-0.39, 0.29) is 37.4 Å². The molecule has 1 N–H and O–H groups in total. The van der Waals surface area contributed by atoms with Crippen LogP contribution in [0.2, 0.25) is 0 Å². The molecule has 0 saturated carbocycles. The lowest BCUT2D eigenvalue weighted by atomic mass is 9.93. The average Bonchev–Trinajstić information content (AvgIpc) is 3.06. The summed E-state index contributed by atoms with van der Waals surface area (Å²) in [5, 5.41) is 2.98. The van der Waals surface area contributed by atoms with Crippen molar-refractivity contribution in [3.05, 3.63) is 120 Å². The van der Waals surface area contributed by atoms with Crippen LogP contribution < -0.4 is 5.32 Å². The maximum Gasteiger partial charge on any atom is 0.411 e. The number of nitrogens with one attached hydrogen (secondary N) is 1. The van der Waals surface area contributed by atoms with Crippen molar-refractivity contribution in [3.63, 3.8) is 0 Å². The molecule has 0 radical (unpaired) electrons. The molecule has 0 bridgehead atoms. The van der Waals surface area contributed by atoms with Gasteiger partial charge in [0, 0.05) is 25.9 Å². The number of carbonyl (C=O) groups is 3. The third-order valence-electron chi connectivity index (χ3n) is 8.46. The molecule has 3 aromatic carbocycles. The zero-order valence-corrected chi connectivity index (χ0v) is 28.7. The highest BCUT2D eigenvalue weighted by Crippen LogP contribution is 2.26. The van der Waals surface area contributed by atoms with Crippen LogP contribution in [0.4, 0.5) is 9.18 Å². The maximum atomic E-state index is 14.3. The zero-order chi connectivity index (χ0) is 34.8. The Morgan fingerprint density at radius 1 is 1.00 bits per heavy atom. The van der Waals surface area contributed by atoms with E-state index in [0.29, 0.717) is 25.0 Å². The van der Waals surface area contributed by atoms with Gasteiger partial charge in [-0.1, -0.05) is 72.8 Å². The topological polar surface area (TPSA) is 88.2 Å². The van der Waals surface area contributed by atoms with Crippen LogP contribution in [0.5, 0.6) is 0 Å². The van der Waals surface area contributed by atoms with Crippen LogP contribution in [0.3, 0.4) is 0 Å². The number of ether oxygens (including phenoxy) is 2. The van der Waals surface area contributed by atoms with Gasteiger partial charge in [0.15, 0.2) is 0 Å². The lowest BCUT2D eigenvalue weighted by molar-refractivity contribution is -0.139. The lowest BCUT2D eigenvalue weighted by Crippen LogP contribution is -2.58. The van der Waals surface area contributed by atoms with E-state index in [4.69, 9.17) is 9.47 Å². The first kappa shape index (κ1) is 36.3. The highest BCUT2D eigenvalue weighted by molar-refractivity contribution is 5.92. The summed E-state index contributed by atoms with van der Waals surface area (Å²) in [7, 11) is 1.72. The number of benzene rings is 3. The van der Waals surface area contributed by atoms with Gasteiger partial charge >= 0.3 is 6.09 Å². The van der Waals surface area contributed by atoms with Gasteiger partial charge in [0.1, 0.15) is 23.5 Å². The van der Waals surface area contributed by atoms with Crippen molar-refractivity contribution in [1.82, 2.24) is 15.1 Å². The van der Waals surface area contributed by atoms with Crippen LogP contribution in [0.15, 0.2) is 91.5 Å². The molecule has 0 aliphatic carbocycles. The summed E-state index contributed by atoms with van der Waals surface area (Å²) in [5.74, 6) is -1.17. The fourth-order valence-electron chi connectivity index (χ4n) is 5.89. The largest absolute Gasteiger partial charge is 0.444 e. The van der Waals surface area contributed by atoms with Crippen LogP contribution in [0.1, 0.15) is 62.8 Å². The second-order valence-corrected chi connectivity index (χ2v) is 13.5. The summed E-state index contributed by atoms with van der Waals surface area (Å²) in [5.41, 5.74) is 2.86. The van der Waals surface area contributed by atoms with Crippen molar-refractivity contribution in [2.45, 2.75) is 96.4 Å². The van der Waals surface area contributed by atoms with E-state index in [1.165, 1.54) is 17.0 Å². The fourth-order valence-corrected chi connectivity index (χ4v) is 5.89. The van der Waals surface area contributed by atoms with Gasteiger partial charge < -0.3 is 19.7 Å². The van der Waals surface area contributed by atoms with Crippen molar-refractivity contribution < 1.29 is 28.2 Å². The third-order valence-corrected chi connectivity index (χ3v) is 8.46. The van der Waals surface area contributed by atoms with Gasteiger partial charge in [-0.05, 0) is 74.9 Å². The van der Waals surface area contributed by atoms with Gasteiger partial charge in [-0.15, -0.1) is 6.58 Å². The molecule has 4 unspecified atom stereocenters. The number of rotatable bonds is 13. The Bertz CT molecular complexity index is 1540. The fraction of sp³-hybridized carbons (Fsp3) is 0.410. The first-order chi connectivity index (χ1) is 22.8. The molecule has 0 aromatic heterocycles.